The first kappa shape index (κ1) is 17.5. The minimum absolute atomic E-state index is 0.0569. The van der Waals surface area contributed by atoms with Crippen molar-refractivity contribution in [1.82, 2.24) is 4.90 Å². The van der Waals surface area contributed by atoms with Gasteiger partial charge in [-0.3, -0.25) is 9.59 Å². The van der Waals surface area contributed by atoms with E-state index in [1.165, 1.54) is 11.8 Å². The van der Waals surface area contributed by atoms with Gasteiger partial charge in [0.1, 0.15) is 0 Å². The van der Waals surface area contributed by atoms with Crippen molar-refractivity contribution in [3.8, 4) is 0 Å². The maximum Gasteiger partial charge on any atom is 0.254 e. The lowest BCUT2D eigenvalue weighted by Gasteiger charge is -2.24. The number of rotatable bonds is 5. The topological polar surface area (TPSA) is 69.6 Å². The molecule has 1 heterocycles. The quantitative estimate of drug-likeness (QED) is 0.864. The van der Waals surface area contributed by atoms with E-state index in [-0.39, 0.29) is 30.2 Å². The summed E-state index contributed by atoms with van der Waals surface area (Å²) in [7, 11) is 0. The van der Waals surface area contributed by atoms with Crippen molar-refractivity contribution in [2.24, 2.45) is 0 Å². The number of hydrogen-bond acceptors (Lipinski definition) is 4. The number of fused-ring (bicyclic) bond motifs is 1. The molecule has 1 atom stereocenters. The van der Waals surface area contributed by atoms with Crippen LogP contribution < -0.4 is 5.32 Å². The molecule has 0 radical (unpaired) electrons. The number of nitrogens with zero attached hydrogens (tertiary/aromatic N) is 1. The highest BCUT2D eigenvalue weighted by molar-refractivity contribution is 8.00. The normalized spacial score (nSPS) is 16.1. The molecule has 2 aromatic rings. The van der Waals surface area contributed by atoms with Crippen LogP contribution in [0.1, 0.15) is 22.8 Å². The average molecular weight is 356 g/mol. The number of nitrogens with one attached hydrogen (secondary N) is 1. The smallest absolute Gasteiger partial charge is 0.254 e. The Kier molecular flexibility index (Phi) is 5.40. The third-order valence-corrected chi connectivity index (χ3v) is 5.21. The van der Waals surface area contributed by atoms with Crippen LogP contribution in [-0.2, 0) is 11.3 Å². The van der Waals surface area contributed by atoms with Gasteiger partial charge in [0.15, 0.2) is 0 Å². The lowest BCUT2D eigenvalue weighted by atomic mass is 10.1. The van der Waals surface area contributed by atoms with Crippen LogP contribution in [0.15, 0.2) is 53.4 Å². The average Bonchev–Trinajstić information content (AvgIpc) is 2.62. The molecule has 0 saturated carbocycles. The summed E-state index contributed by atoms with van der Waals surface area (Å²) in [5.41, 5.74) is 2.17. The van der Waals surface area contributed by atoms with Crippen molar-refractivity contribution in [2.45, 2.75) is 23.6 Å². The SMILES string of the molecule is CC1Sc2ccc(C(=O)N(CCO)Cc3ccccc3)cc2NC1=O. The Morgan fingerprint density at radius 1 is 1.24 bits per heavy atom. The molecule has 25 heavy (non-hydrogen) atoms. The van der Waals surface area contributed by atoms with E-state index in [9.17, 15) is 14.7 Å². The molecule has 2 amide bonds. The van der Waals surface area contributed by atoms with Crippen LogP contribution >= 0.6 is 11.8 Å². The molecule has 3 rings (SSSR count). The highest BCUT2D eigenvalue weighted by Gasteiger charge is 2.24. The van der Waals surface area contributed by atoms with E-state index in [4.69, 9.17) is 0 Å². The molecule has 2 N–H and O–H groups in total. The van der Waals surface area contributed by atoms with Crippen molar-refractivity contribution in [1.29, 1.82) is 0 Å². The molecule has 1 unspecified atom stereocenters. The summed E-state index contributed by atoms with van der Waals surface area (Å²) in [6.45, 7) is 2.43. The maximum absolute atomic E-state index is 12.9. The van der Waals surface area contributed by atoms with E-state index in [0.717, 1.165) is 10.5 Å². The van der Waals surface area contributed by atoms with Gasteiger partial charge >= 0.3 is 0 Å². The second-order valence-corrected chi connectivity index (χ2v) is 7.28. The molecule has 5 nitrogen and oxygen atoms in total. The third kappa shape index (κ3) is 4.03. The Balaban J connectivity index is 1.82. The summed E-state index contributed by atoms with van der Waals surface area (Å²) in [6, 6.07) is 15.0. The summed E-state index contributed by atoms with van der Waals surface area (Å²) in [6.07, 6.45) is 0. The van der Waals surface area contributed by atoms with Gasteiger partial charge in [-0.1, -0.05) is 30.3 Å². The van der Waals surface area contributed by atoms with E-state index >= 15 is 0 Å². The number of hydrogen-bond donors (Lipinski definition) is 2. The Morgan fingerprint density at radius 2 is 2.00 bits per heavy atom. The van der Waals surface area contributed by atoms with Crippen LogP contribution in [0.5, 0.6) is 0 Å². The van der Waals surface area contributed by atoms with Gasteiger partial charge in [-0.05, 0) is 30.7 Å². The highest BCUT2D eigenvalue weighted by Crippen LogP contribution is 2.36. The van der Waals surface area contributed by atoms with Crippen molar-refractivity contribution < 1.29 is 14.7 Å². The zero-order chi connectivity index (χ0) is 17.8. The van der Waals surface area contributed by atoms with E-state index in [0.29, 0.717) is 17.8 Å². The Bertz CT molecular complexity index is 779. The van der Waals surface area contributed by atoms with Gasteiger partial charge in [0.05, 0.1) is 17.5 Å². The summed E-state index contributed by atoms with van der Waals surface area (Å²) < 4.78 is 0. The van der Waals surface area contributed by atoms with Crippen molar-refractivity contribution in [3.63, 3.8) is 0 Å². The summed E-state index contributed by atoms with van der Waals surface area (Å²) in [5, 5.41) is 12.0. The van der Waals surface area contributed by atoms with Gasteiger partial charge in [-0.25, -0.2) is 0 Å². The predicted molar refractivity (Wildman–Crippen MR) is 98.7 cm³/mol. The first-order valence-electron chi connectivity index (χ1n) is 8.14. The standard InChI is InChI=1S/C19H20N2O3S/c1-13-18(23)20-16-11-15(7-8-17(16)25-13)19(24)21(9-10-22)12-14-5-3-2-4-6-14/h2-8,11,13,22H,9-10,12H2,1H3,(H,20,23). The van der Waals surface area contributed by atoms with Crippen molar-refractivity contribution in [2.75, 3.05) is 18.5 Å². The second kappa shape index (κ2) is 7.72. The minimum Gasteiger partial charge on any atom is -0.395 e. The number of carbonyl (C=O) groups excluding carboxylic acids is 2. The number of amides is 2. The number of carbonyl (C=O) groups is 2. The fraction of sp³-hybridized carbons (Fsp3) is 0.263. The molecule has 0 fully saturated rings. The molecule has 1 aliphatic rings. The van der Waals surface area contributed by atoms with Gasteiger partial charge in [-0.2, -0.15) is 0 Å². The summed E-state index contributed by atoms with van der Waals surface area (Å²) in [4.78, 5) is 27.3. The molecular weight excluding hydrogens is 336 g/mol. The molecule has 0 aliphatic carbocycles. The van der Waals surface area contributed by atoms with Crippen LogP contribution in [0, 0.1) is 0 Å². The molecule has 130 valence electrons. The van der Waals surface area contributed by atoms with E-state index in [1.54, 1.807) is 17.0 Å². The maximum atomic E-state index is 12.9. The number of thioether (sulfide) groups is 1. The van der Waals surface area contributed by atoms with Crippen LogP contribution in [0.25, 0.3) is 0 Å². The van der Waals surface area contributed by atoms with Gasteiger partial charge < -0.3 is 15.3 Å². The first-order valence-corrected chi connectivity index (χ1v) is 9.02. The zero-order valence-electron chi connectivity index (χ0n) is 13.9. The monoisotopic (exact) mass is 356 g/mol. The van der Waals surface area contributed by atoms with Crippen LogP contribution in [0.3, 0.4) is 0 Å². The Labute approximate surface area is 151 Å². The zero-order valence-corrected chi connectivity index (χ0v) is 14.8. The summed E-state index contributed by atoms with van der Waals surface area (Å²) in [5.74, 6) is -0.225. The number of aliphatic hydroxyl groups is 1. The van der Waals surface area contributed by atoms with Crippen LogP contribution in [0.2, 0.25) is 0 Å². The molecule has 0 aromatic heterocycles. The fourth-order valence-corrected chi connectivity index (χ4v) is 3.63. The summed E-state index contributed by atoms with van der Waals surface area (Å²) >= 11 is 1.48. The minimum atomic E-state index is -0.168. The Hall–Kier alpha value is -2.31. The fourth-order valence-electron chi connectivity index (χ4n) is 2.70. The largest absolute Gasteiger partial charge is 0.395 e. The molecule has 0 bridgehead atoms. The third-order valence-electron chi connectivity index (χ3n) is 4.03. The van der Waals surface area contributed by atoms with E-state index in [1.807, 2.05) is 43.3 Å². The lowest BCUT2D eigenvalue weighted by molar-refractivity contribution is -0.115. The first-order chi connectivity index (χ1) is 12.1. The Morgan fingerprint density at radius 3 is 2.72 bits per heavy atom. The van der Waals surface area contributed by atoms with Gasteiger partial charge in [-0.15, -0.1) is 11.8 Å². The van der Waals surface area contributed by atoms with Crippen molar-refractivity contribution in [3.05, 3.63) is 59.7 Å². The van der Waals surface area contributed by atoms with E-state index in [2.05, 4.69) is 5.32 Å². The molecule has 0 saturated heterocycles. The number of anilines is 1. The molecule has 6 heteroatoms. The van der Waals surface area contributed by atoms with Gasteiger partial charge in [0.25, 0.3) is 5.91 Å². The lowest BCUT2D eigenvalue weighted by Crippen LogP contribution is -2.33. The predicted octanol–water partition coefficient (Wildman–Crippen LogP) is 2.75. The molecule has 1 aliphatic heterocycles. The van der Waals surface area contributed by atoms with Gasteiger partial charge in [0.2, 0.25) is 5.91 Å². The second-order valence-electron chi connectivity index (χ2n) is 5.90. The highest BCUT2D eigenvalue weighted by atomic mass is 32.2. The van der Waals surface area contributed by atoms with E-state index < -0.39 is 0 Å². The number of aliphatic hydroxyl groups excluding tert-OH is 1. The molecule has 0 spiro atoms. The van der Waals surface area contributed by atoms with Gasteiger partial charge in [0, 0.05) is 23.5 Å². The molecular formula is C19H20N2O3S. The molecule has 2 aromatic carbocycles. The van der Waals surface area contributed by atoms with Crippen molar-refractivity contribution >= 4 is 29.3 Å². The van der Waals surface area contributed by atoms with Crippen LogP contribution in [0.4, 0.5) is 5.69 Å². The number of benzene rings is 2. The van der Waals surface area contributed by atoms with Crippen LogP contribution in [-0.4, -0.2) is 40.2 Å².